The highest BCUT2D eigenvalue weighted by molar-refractivity contribution is 5.86. The molecule has 3 aliphatic rings. The van der Waals surface area contributed by atoms with Crippen molar-refractivity contribution in [1.29, 1.82) is 0 Å². The fraction of sp³-hybridized carbons (Fsp3) is 0.833. The van der Waals surface area contributed by atoms with Crippen LogP contribution in [0.2, 0.25) is 0 Å². The molecule has 3 rings (SSSR count). The molecule has 0 aromatic rings. The van der Waals surface area contributed by atoms with Gasteiger partial charge in [-0.1, -0.05) is 0 Å². The minimum atomic E-state index is -0.995. The number of amides is 1. The molecule has 0 unspecified atom stereocenters. The number of carboxylic acids is 1. The van der Waals surface area contributed by atoms with Gasteiger partial charge in [0, 0.05) is 6.54 Å². The SMILES string of the molecule is CC(C)(C)OC(=O)N1CCC2CC1(C(=O)O)C2. The van der Waals surface area contributed by atoms with Crippen molar-refractivity contribution in [2.75, 3.05) is 6.54 Å². The van der Waals surface area contributed by atoms with Gasteiger partial charge in [0.25, 0.3) is 0 Å². The van der Waals surface area contributed by atoms with Gasteiger partial charge in [0.2, 0.25) is 0 Å². The van der Waals surface area contributed by atoms with E-state index in [1.807, 2.05) is 0 Å². The summed E-state index contributed by atoms with van der Waals surface area (Å²) in [5, 5.41) is 9.30. The number of fused-ring (bicyclic) bond motifs is 2. The van der Waals surface area contributed by atoms with Gasteiger partial charge in [-0.3, -0.25) is 4.90 Å². The number of hydrogen-bond donors (Lipinski definition) is 1. The van der Waals surface area contributed by atoms with E-state index in [4.69, 9.17) is 4.74 Å². The molecule has 2 heterocycles. The number of carbonyl (C=O) groups excluding carboxylic acids is 1. The lowest BCUT2D eigenvalue weighted by molar-refractivity contribution is -0.169. The Hall–Kier alpha value is -1.26. The van der Waals surface area contributed by atoms with E-state index in [-0.39, 0.29) is 0 Å². The zero-order chi connectivity index (χ0) is 12.8. The van der Waals surface area contributed by atoms with Crippen molar-refractivity contribution < 1.29 is 19.4 Å². The number of ether oxygens (including phenoxy) is 1. The number of hydrogen-bond acceptors (Lipinski definition) is 3. The fourth-order valence-corrected chi connectivity index (χ4v) is 2.72. The summed E-state index contributed by atoms with van der Waals surface area (Å²) < 4.78 is 5.27. The first-order valence-corrected chi connectivity index (χ1v) is 5.99. The minimum absolute atomic E-state index is 0.463. The quantitative estimate of drug-likeness (QED) is 0.761. The van der Waals surface area contributed by atoms with Gasteiger partial charge in [-0.15, -0.1) is 0 Å². The van der Waals surface area contributed by atoms with Crippen molar-refractivity contribution in [2.45, 2.75) is 51.2 Å². The molecule has 1 amide bonds. The van der Waals surface area contributed by atoms with Gasteiger partial charge in [0.15, 0.2) is 0 Å². The highest BCUT2D eigenvalue weighted by atomic mass is 16.6. The Bertz CT molecular complexity index is 352. The molecule has 2 bridgehead atoms. The lowest BCUT2D eigenvalue weighted by atomic mass is 9.63. The van der Waals surface area contributed by atoms with Crippen molar-refractivity contribution in [3.05, 3.63) is 0 Å². The maximum Gasteiger partial charge on any atom is 0.411 e. The first kappa shape index (κ1) is 12.2. The maximum atomic E-state index is 12.0. The molecule has 5 heteroatoms. The van der Waals surface area contributed by atoms with Crippen molar-refractivity contribution in [1.82, 2.24) is 4.90 Å². The van der Waals surface area contributed by atoms with E-state index in [0.29, 0.717) is 25.3 Å². The lowest BCUT2D eigenvalue weighted by Crippen LogP contribution is -2.68. The van der Waals surface area contributed by atoms with Crippen molar-refractivity contribution in [2.24, 2.45) is 5.92 Å². The molecule has 0 spiro atoms. The van der Waals surface area contributed by atoms with E-state index in [0.717, 1.165) is 6.42 Å². The summed E-state index contributed by atoms with van der Waals surface area (Å²) in [7, 11) is 0. The Kier molecular flexibility index (Phi) is 2.60. The smallest absolute Gasteiger partial charge is 0.411 e. The molecule has 1 N–H and O–H groups in total. The van der Waals surface area contributed by atoms with Crippen LogP contribution in [0.5, 0.6) is 0 Å². The molecule has 1 aliphatic carbocycles. The van der Waals surface area contributed by atoms with Gasteiger partial charge >= 0.3 is 12.1 Å². The Balaban J connectivity index is 2.13. The molecule has 0 aromatic heterocycles. The molecule has 3 fully saturated rings. The van der Waals surface area contributed by atoms with Gasteiger partial charge in [-0.25, -0.2) is 9.59 Å². The number of rotatable bonds is 1. The van der Waals surface area contributed by atoms with Gasteiger partial charge in [-0.05, 0) is 46.0 Å². The van der Waals surface area contributed by atoms with Crippen LogP contribution >= 0.6 is 0 Å². The predicted octanol–water partition coefficient (Wildman–Crippen LogP) is 1.86. The average Bonchev–Trinajstić information content (AvgIpc) is 2.12. The summed E-state index contributed by atoms with van der Waals surface area (Å²) in [5.74, 6) is -0.441. The molecule has 1 saturated carbocycles. The van der Waals surface area contributed by atoms with Crippen LogP contribution in [-0.2, 0) is 9.53 Å². The molecule has 96 valence electrons. The fourth-order valence-electron chi connectivity index (χ4n) is 2.72. The third kappa shape index (κ3) is 1.98. The van der Waals surface area contributed by atoms with E-state index in [1.165, 1.54) is 4.90 Å². The van der Waals surface area contributed by atoms with E-state index < -0.39 is 23.2 Å². The van der Waals surface area contributed by atoms with Crippen LogP contribution in [0, 0.1) is 5.92 Å². The number of nitrogens with zero attached hydrogens (tertiary/aromatic N) is 1. The average molecular weight is 241 g/mol. The third-order valence-electron chi connectivity index (χ3n) is 3.54. The van der Waals surface area contributed by atoms with Crippen LogP contribution in [0.3, 0.4) is 0 Å². The molecule has 0 radical (unpaired) electrons. The first-order chi connectivity index (χ1) is 7.74. The van der Waals surface area contributed by atoms with E-state index in [1.54, 1.807) is 20.8 Å². The van der Waals surface area contributed by atoms with E-state index in [9.17, 15) is 14.7 Å². The van der Waals surface area contributed by atoms with Crippen LogP contribution in [0.15, 0.2) is 0 Å². The summed E-state index contributed by atoms with van der Waals surface area (Å²) in [4.78, 5) is 24.7. The van der Waals surface area contributed by atoms with Gasteiger partial charge in [0.1, 0.15) is 11.1 Å². The van der Waals surface area contributed by atoms with Crippen molar-refractivity contribution in [3.8, 4) is 0 Å². The second kappa shape index (κ2) is 3.62. The van der Waals surface area contributed by atoms with Crippen LogP contribution in [-0.4, -0.2) is 39.8 Å². The van der Waals surface area contributed by atoms with Gasteiger partial charge in [0.05, 0.1) is 0 Å². The van der Waals surface area contributed by atoms with Crippen LogP contribution in [0.25, 0.3) is 0 Å². The van der Waals surface area contributed by atoms with Crippen LogP contribution < -0.4 is 0 Å². The highest BCUT2D eigenvalue weighted by Gasteiger charge is 2.59. The summed E-state index contributed by atoms with van der Waals surface area (Å²) in [5.41, 5.74) is -1.58. The molecule has 5 nitrogen and oxygen atoms in total. The van der Waals surface area contributed by atoms with E-state index >= 15 is 0 Å². The second-order valence-electron chi connectivity index (χ2n) is 6.03. The number of carboxylic acid groups (broad SMARTS) is 1. The standard InChI is InChI=1S/C12H19NO4/c1-11(2,3)17-10(16)13-5-4-8-6-12(13,7-8)9(14)15/h8H,4-7H2,1-3H3,(H,14,15). The molecule has 17 heavy (non-hydrogen) atoms. The Morgan fingerprint density at radius 2 is 1.94 bits per heavy atom. The minimum Gasteiger partial charge on any atom is -0.479 e. The molecule has 0 atom stereocenters. The zero-order valence-electron chi connectivity index (χ0n) is 10.5. The van der Waals surface area contributed by atoms with Crippen molar-refractivity contribution >= 4 is 12.1 Å². The molecular formula is C12H19NO4. The summed E-state index contributed by atoms with van der Waals surface area (Å²) >= 11 is 0. The Morgan fingerprint density at radius 3 is 2.41 bits per heavy atom. The van der Waals surface area contributed by atoms with E-state index in [2.05, 4.69) is 0 Å². The summed E-state index contributed by atoms with van der Waals surface area (Å²) in [6, 6.07) is 0. The highest BCUT2D eigenvalue weighted by Crippen LogP contribution is 2.49. The predicted molar refractivity (Wildman–Crippen MR) is 60.6 cm³/mol. The Morgan fingerprint density at radius 1 is 1.35 bits per heavy atom. The van der Waals surface area contributed by atoms with Crippen LogP contribution in [0.1, 0.15) is 40.0 Å². The summed E-state index contributed by atoms with van der Waals surface area (Å²) in [6.45, 7) is 5.84. The Labute approximate surface area is 101 Å². The van der Waals surface area contributed by atoms with Gasteiger partial charge in [-0.2, -0.15) is 0 Å². The maximum absolute atomic E-state index is 12.0. The lowest BCUT2D eigenvalue weighted by Gasteiger charge is -2.55. The number of carbonyl (C=O) groups is 2. The molecule has 2 aliphatic heterocycles. The molecular weight excluding hydrogens is 222 g/mol. The second-order valence-corrected chi connectivity index (χ2v) is 6.03. The normalized spacial score (nSPS) is 31.7. The molecule has 0 aromatic carbocycles. The number of aliphatic carboxylic acids is 1. The topological polar surface area (TPSA) is 66.8 Å². The molecule has 2 saturated heterocycles. The zero-order valence-corrected chi connectivity index (χ0v) is 10.5. The monoisotopic (exact) mass is 241 g/mol. The van der Waals surface area contributed by atoms with Gasteiger partial charge < -0.3 is 9.84 Å². The first-order valence-electron chi connectivity index (χ1n) is 5.99. The summed E-state index contributed by atoms with van der Waals surface area (Å²) in [6.07, 6.45) is 1.52. The number of piperidine rings is 2. The third-order valence-corrected chi connectivity index (χ3v) is 3.54. The van der Waals surface area contributed by atoms with Crippen molar-refractivity contribution in [3.63, 3.8) is 0 Å². The van der Waals surface area contributed by atoms with Crippen LogP contribution in [0.4, 0.5) is 4.79 Å². The largest absolute Gasteiger partial charge is 0.479 e.